The van der Waals surface area contributed by atoms with E-state index in [1.54, 1.807) is 12.1 Å². The molecule has 0 unspecified atom stereocenters. The van der Waals surface area contributed by atoms with Gasteiger partial charge in [0.1, 0.15) is 22.8 Å². The third-order valence-electron chi connectivity index (χ3n) is 4.72. The zero-order valence-corrected chi connectivity index (χ0v) is 14.2. The van der Waals surface area contributed by atoms with E-state index in [9.17, 15) is 9.59 Å². The van der Waals surface area contributed by atoms with Crippen molar-refractivity contribution in [2.75, 3.05) is 21.3 Å². The van der Waals surface area contributed by atoms with Gasteiger partial charge in [-0.3, -0.25) is 9.59 Å². The molecule has 2 aliphatic rings. The van der Waals surface area contributed by atoms with Gasteiger partial charge in [0.05, 0.1) is 21.3 Å². The van der Waals surface area contributed by atoms with E-state index in [0.29, 0.717) is 29.2 Å². The zero-order chi connectivity index (χ0) is 17.5. The fourth-order valence-electron chi connectivity index (χ4n) is 3.53. The molecule has 0 aromatic heterocycles. The van der Waals surface area contributed by atoms with E-state index in [0.717, 1.165) is 0 Å². The lowest BCUT2D eigenvalue weighted by Crippen LogP contribution is -2.52. The van der Waals surface area contributed by atoms with Crippen LogP contribution in [0.1, 0.15) is 30.1 Å². The molecular formula is C18H20O6. The van der Waals surface area contributed by atoms with Crippen LogP contribution >= 0.6 is 0 Å². The van der Waals surface area contributed by atoms with Crippen molar-refractivity contribution in [2.24, 2.45) is 5.92 Å². The maximum atomic E-state index is 13.3. The molecule has 6 nitrogen and oxygen atoms in total. The molecule has 1 aliphatic heterocycles. The fourth-order valence-corrected chi connectivity index (χ4v) is 3.53. The number of carbonyl (C=O) groups is 2. The molecule has 1 spiro atoms. The van der Waals surface area contributed by atoms with E-state index in [1.165, 1.54) is 27.4 Å². The van der Waals surface area contributed by atoms with Crippen LogP contribution in [-0.2, 0) is 9.53 Å². The number of ketones is 2. The quantitative estimate of drug-likeness (QED) is 0.844. The third-order valence-corrected chi connectivity index (χ3v) is 4.72. The number of rotatable bonds is 4. The Morgan fingerprint density at radius 1 is 1.17 bits per heavy atom. The molecule has 3 rings (SSSR count). The van der Waals surface area contributed by atoms with Gasteiger partial charge in [-0.2, -0.15) is 0 Å². The Kier molecular flexibility index (Phi) is 3.99. The minimum absolute atomic E-state index is 0.0683. The Bertz CT molecular complexity index is 735. The van der Waals surface area contributed by atoms with Crippen LogP contribution in [0.3, 0.4) is 0 Å². The lowest BCUT2D eigenvalue weighted by atomic mass is 9.73. The molecule has 0 fully saturated rings. The summed E-state index contributed by atoms with van der Waals surface area (Å²) < 4.78 is 22.1. The van der Waals surface area contributed by atoms with Crippen molar-refractivity contribution in [1.29, 1.82) is 0 Å². The predicted molar refractivity (Wildman–Crippen MR) is 85.7 cm³/mol. The first-order valence-electron chi connectivity index (χ1n) is 7.80. The van der Waals surface area contributed by atoms with Crippen LogP contribution in [0.4, 0.5) is 0 Å². The van der Waals surface area contributed by atoms with Crippen LogP contribution in [0.2, 0.25) is 0 Å². The molecular weight excluding hydrogens is 312 g/mol. The van der Waals surface area contributed by atoms with Gasteiger partial charge in [-0.05, 0) is 6.42 Å². The molecule has 0 radical (unpaired) electrons. The molecule has 0 saturated heterocycles. The van der Waals surface area contributed by atoms with Gasteiger partial charge in [0.2, 0.25) is 11.4 Å². The van der Waals surface area contributed by atoms with Gasteiger partial charge in [-0.1, -0.05) is 6.92 Å². The van der Waals surface area contributed by atoms with Gasteiger partial charge in [-0.15, -0.1) is 0 Å². The summed E-state index contributed by atoms with van der Waals surface area (Å²) in [6.07, 6.45) is 2.20. The van der Waals surface area contributed by atoms with E-state index in [-0.39, 0.29) is 29.7 Å². The van der Waals surface area contributed by atoms with Crippen molar-refractivity contribution in [3.63, 3.8) is 0 Å². The van der Waals surface area contributed by atoms with Gasteiger partial charge in [0.25, 0.3) is 0 Å². The average Bonchev–Trinajstić information content (AvgIpc) is 2.89. The highest BCUT2D eigenvalue weighted by Crippen LogP contribution is 2.51. The fraction of sp³-hybridized carbons (Fsp3) is 0.444. The van der Waals surface area contributed by atoms with E-state index in [4.69, 9.17) is 18.9 Å². The highest BCUT2D eigenvalue weighted by Gasteiger charge is 2.60. The number of carbonyl (C=O) groups excluding carboxylic acids is 2. The molecule has 128 valence electrons. The summed E-state index contributed by atoms with van der Waals surface area (Å²) in [6, 6.07) is 3.30. The van der Waals surface area contributed by atoms with Crippen LogP contribution in [-0.4, -0.2) is 38.5 Å². The summed E-state index contributed by atoms with van der Waals surface area (Å²) in [6.45, 7) is 1.93. The molecule has 2 atom stereocenters. The zero-order valence-electron chi connectivity index (χ0n) is 14.2. The number of fused-ring (bicyclic) bond motifs is 1. The normalized spacial score (nSPS) is 25.2. The minimum atomic E-state index is -1.32. The molecule has 0 N–H and O–H groups in total. The smallest absolute Gasteiger partial charge is 0.231 e. The standard InChI is InChI=1S/C18H20O6/c1-5-10-6-11(19)7-15(23-4)18(10)17(20)16-13(22-3)8-12(21-2)9-14(16)24-18/h7-10H,5-6H2,1-4H3/t10-,18+/m1/s1. The molecule has 6 heteroatoms. The first-order chi connectivity index (χ1) is 11.5. The number of methoxy groups -OCH3 is 3. The molecule has 0 bridgehead atoms. The van der Waals surface area contributed by atoms with Crippen molar-refractivity contribution in [2.45, 2.75) is 25.4 Å². The second kappa shape index (κ2) is 5.85. The van der Waals surface area contributed by atoms with E-state index in [1.807, 2.05) is 6.92 Å². The largest absolute Gasteiger partial charge is 0.496 e. The minimum Gasteiger partial charge on any atom is -0.496 e. The first-order valence-corrected chi connectivity index (χ1v) is 7.80. The van der Waals surface area contributed by atoms with Crippen molar-refractivity contribution >= 4 is 11.6 Å². The molecule has 1 aliphatic carbocycles. The van der Waals surface area contributed by atoms with Gasteiger partial charge in [-0.25, -0.2) is 0 Å². The Labute approximate surface area is 140 Å². The van der Waals surface area contributed by atoms with Gasteiger partial charge in [0, 0.05) is 30.5 Å². The average molecular weight is 332 g/mol. The first kappa shape index (κ1) is 16.4. The van der Waals surface area contributed by atoms with Crippen LogP contribution < -0.4 is 14.2 Å². The van der Waals surface area contributed by atoms with E-state index in [2.05, 4.69) is 0 Å². The van der Waals surface area contributed by atoms with Crippen LogP contribution in [0, 0.1) is 5.92 Å². The van der Waals surface area contributed by atoms with Gasteiger partial charge >= 0.3 is 0 Å². The number of benzene rings is 1. The second-order valence-corrected chi connectivity index (χ2v) is 5.86. The monoisotopic (exact) mass is 332 g/mol. The predicted octanol–water partition coefficient (Wildman–Crippen LogP) is 2.55. The topological polar surface area (TPSA) is 71.1 Å². The van der Waals surface area contributed by atoms with Gasteiger partial charge in [0.15, 0.2) is 11.5 Å². The highest BCUT2D eigenvalue weighted by molar-refractivity contribution is 6.13. The Morgan fingerprint density at radius 2 is 1.92 bits per heavy atom. The Hall–Kier alpha value is -2.50. The molecule has 0 saturated carbocycles. The van der Waals surface area contributed by atoms with Crippen molar-refractivity contribution < 1.29 is 28.5 Å². The van der Waals surface area contributed by atoms with Crippen LogP contribution in [0.5, 0.6) is 17.2 Å². The second-order valence-electron chi connectivity index (χ2n) is 5.86. The molecule has 1 aromatic carbocycles. The summed E-state index contributed by atoms with van der Waals surface area (Å²) in [5.74, 6) is 0.915. The van der Waals surface area contributed by atoms with E-state index >= 15 is 0 Å². The molecule has 1 aromatic rings. The lowest BCUT2D eigenvalue weighted by Gasteiger charge is -2.37. The summed E-state index contributed by atoms with van der Waals surface area (Å²) in [5.41, 5.74) is -0.964. The van der Waals surface area contributed by atoms with E-state index < -0.39 is 5.60 Å². The summed E-state index contributed by atoms with van der Waals surface area (Å²) in [7, 11) is 4.46. The summed E-state index contributed by atoms with van der Waals surface area (Å²) in [5, 5.41) is 0. The summed E-state index contributed by atoms with van der Waals surface area (Å²) in [4.78, 5) is 25.3. The Morgan fingerprint density at radius 3 is 2.50 bits per heavy atom. The van der Waals surface area contributed by atoms with Crippen molar-refractivity contribution in [3.8, 4) is 17.2 Å². The lowest BCUT2D eigenvalue weighted by molar-refractivity contribution is -0.118. The van der Waals surface area contributed by atoms with Crippen LogP contribution in [0.15, 0.2) is 24.0 Å². The number of Topliss-reactive ketones (excluding diaryl/α,β-unsaturated/α-hetero) is 1. The number of hydrogen-bond donors (Lipinski definition) is 0. The maximum Gasteiger partial charge on any atom is 0.231 e. The molecule has 1 heterocycles. The maximum absolute atomic E-state index is 13.3. The number of allylic oxidation sites excluding steroid dienone is 1. The molecule has 0 amide bonds. The van der Waals surface area contributed by atoms with Crippen LogP contribution in [0.25, 0.3) is 0 Å². The molecule has 24 heavy (non-hydrogen) atoms. The van der Waals surface area contributed by atoms with Crippen molar-refractivity contribution in [1.82, 2.24) is 0 Å². The Balaban J connectivity index is 2.21. The highest BCUT2D eigenvalue weighted by atomic mass is 16.6. The SMILES string of the molecule is CC[C@@H]1CC(=O)C=C(OC)[C@@]12Oc1cc(OC)cc(OC)c1C2=O. The van der Waals surface area contributed by atoms with Crippen molar-refractivity contribution in [3.05, 3.63) is 29.5 Å². The third kappa shape index (κ3) is 2.09. The number of ether oxygens (including phenoxy) is 4. The van der Waals surface area contributed by atoms with Gasteiger partial charge < -0.3 is 18.9 Å². The summed E-state index contributed by atoms with van der Waals surface area (Å²) >= 11 is 0. The number of hydrogen-bond acceptors (Lipinski definition) is 6.